The van der Waals surface area contributed by atoms with E-state index in [2.05, 4.69) is 5.32 Å². The first-order valence-corrected chi connectivity index (χ1v) is 13.0. The van der Waals surface area contributed by atoms with Gasteiger partial charge in [0.25, 0.3) is 0 Å². The Bertz CT molecular complexity index is 1080. The van der Waals surface area contributed by atoms with Gasteiger partial charge in [0.05, 0.1) is 38.4 Å². The lowest BCUT2D eigenvalue weighted by Gasteiger charge is -2.46. The highest BCUT2D eigenvalue weighted by Crippen LogP contribution is 2.32. The van der Waals surface area contributed by atoms with Crippen LogP contribution in [0.1, 0.15) is 23.6 Å². The fraction of sp³-hybridized carbons (Fsp3) is 0.387. The molecule has 0 unspecified atom stereocenters. The number of carbonyl (C=O) groups is 1. The molecule has 0 aliphatic carbocycles. The van der Waals surface area contributed by atoms with Crippen molar-refractivity contribution < 1.29 is 28.5 Å². The summed E-state index contributed by atoms with van der Waals surface area (Å²) >= 11 is 0. The normalized spacial score (nSPS) is 23.2. The average molecular weight is 520 g/mol. The molecular weight excluding hydrogens is 482 g/mol. The van der Waals surface area contributed by atoms with Crippen LogP contribution in [0.15, 0.2) is 91.0 Å². The van der Waals surface area contributed by atoms with E-state index < -0.39 is 24.6 Å². The fourth-order valence-electron chi connectivity index (χ4n) is 4.62. The third-order valence-electron chi connectivity index (χ3n) is 6.55. The van der Waals surface area contributed by atoms with Gasteiger partial charge in [0.1, 0.15) is 12.2 Å². The molecule has 1 aliphatic heterocycles. The molecule has 1 aliphatic rings. The number of carbonyl (C=O) groups excluding carboxylic acids is 1. The minimum Gasteiger partial charge on any atom is -0.374 e. The molecule has 5 atom stereocenters. The third kappa shape index (κ3) is 8.21. The monoisotopic (exact) mass is 519 g/mol. The first kappa shape index (κ1) is 28.0. The highest BCUT2D eigenvalue weighted by atomic mass is 16.7. The largest absolute Gasteiger partial charge is 0.374 e. The van der Waals surface area contributed by atoms with Crippen LogP contribution in [0.2, 0.25) is 0 Å². The Kier molecular flexibility index (Phi) is 10.9. The number of amides is 1. The van der Waals surface area contributed by atoms with Gasteiger partial charge in [0.2, 0.25) is 5.91 Å². The van der Waals surface area contributed by atoms with E-state index in [0.717, 1.165) is 16.7 Å². The molecule has 7 nitrogen and oxygen atoms in total. The molecule has 0 bridgehead atoms. The molecule has 4 rings (SSSR count). The van der Waals surface area contributed by atoms with Crippen molar-refractivity contribution in [2.75, 3.05) is 20.3 Å². The second kappa shape index (κ2) is 14.8. The van der Waals surface area contributed by atoms with E-state index in [0.29, 0.717) is 33.0 Å². The Morgan fingerprint density at radius 2 is 1.26 bits per heavy atom. The Morgan fingerprint density at radius 3 is 1.76 bits per heavy atom. The summed E-state index contributed by atoms with van der Waals surface area (Å²) in [5, 5.41) is 2.92. The number of hydrogen-bond acceptors (Lipinski definition) is 6. The fourth-order valence-corrected chi connectivity index (χ4v) is 4.62. The van der Waals surface area contributed by atoms with Gasteiger partial charge in [-0.3, -0.25) is 4.79 Å². The van der Waals surface area contributed by atoms with E-state index in [9.17, 15) is 4.79 Å². The molecule has 1 fully saturated rings. The van der Waals surface area contributed by atoms with Crippen LogP contribution < -0.4 is 5.32 Å². The van der Waals surface area contributed by atoms with Crippen molar-refractivity contribution in [2.24, 2.45) is 5.92 Å². The molecule has 7 heteroatoms. The maximum Gasteiger partial charge on any atom is 0.216 e. The zero-order valence-corrected chi connectivity index (χ0v) is 22.0. The van der Waals surface area contributed by atoms with Crippen LogP contribution >= 0.6 is 0 Å². The van der Waals surface area contributed by atoms with Gasteiger partial charge in [-0.15, -0.1) is 0 Å². The second-order valence-electron chi connectivity index (χ2n) is 9.40. The van der Waals surface area contributed by atoms with Gasteiger partial charge >= 0.3 is 0 Å². The Morgan fingerprint density at radius 1 is 0.763 bits per heavy atom. The van der Waals surface area contributed by atoms with Crippen LogP contribution in [0.5, 0.6) is 0 Å². The van der Waals surface area contributed by atoms with Crippen LogP contribution in [0.4, 0.5) is 0 Å². The average Bonchev–Trinajstić information content (AvgIpc) is 2.95. The van der Waals surface area contributed by atoms with E-state index in [1.165, 1.54) is 6.92 Å². The first-order chi connectivity index (χ1) is 18.6. The van der Waals surface area contributed by atoms with Gasteiger partial charge in [-0.2, -0.15) is 0 Å². The van der Waals surface area contributed by atoms with Gasteiger partial charge in [-0.25, -0.2) is 0 Å². The van der Waals surface area contributed by atoms with Crippen molar-refractivity contribution >= 4 is 5.91 Å². The molecule has 0 aromatic heterocycles. The lowest BCUT2D eigenvalue weighted by atomic mass is 9.90. The maximum atomic E-state index is 11.8. The molecule has 0 saturated carbocycles. The predicted molar refractivity (Wildman–Crippen MR) is 144 cm³/mol. The van der Waals surface area contributed by atoms with Crippen LogP contribution in [-0.2, 0) is 48.3 Å². The lowest BCUT2D eigenvalue weighted by molar-refractivity contribution is -0.298. The van der Waals surface area contributed by atoms with Gasteiger partial charge in [-0.05, 0) is 16.7 Å². The highest BCUT2D eigenvalue weighted by Gasteiger charge is 2.47. The molecule has 3 aromatic rings. The Balaban J connectivity index is 1.56. The summed E-state index contributed by atoms with van der Waals surface area (Å²) in [4.78, 5) is 11.8. The summed E-state index contributed by atoms with van der Waals surface area (Å²) in [7, 11) is 1.60. The summed E-state index contributed by atoms with van der Waals surface area (Å²) in [5.41, 5.74) is 3.17. The van der Waals surface area contributed by atoms with Crippen LogP contribution in [0.25, 0.3) is 0 Å². The minimum atomic E-state index is -0.607. The van der Waals surface area contributed by atoms with E-state index in [4.69, 9.17) is 23.7 Å². The summed E-state index contributed by atoms with van der Waals surface area (Å²) in [6.45, 7) is 3.35. The van der Waals surface area contributed by atoms with Crippen molar-refractivity contribution in [3.63, 3.8) is 0 Å². The van der Waals surface area contributed by atoms with Crippen molar-refractivity contribution in [1.82, 2.24) is 5.32 Å². The molecule has 0 spiro atoms. The lowest BCUT2D eigenvalue weighted by Crippen LogP contribution is -2.60. The summed E-state index contributed by atoms with van der Waals surface area (Å²) in [6.07, 6.45) is -1.93. The number of methoxy groups -OCH3 is 1. The van der Waals surface area contributed by atoms with Gasteiger partial charge in [0.15, 0.2) is 6.29 Å². The molecule has 3 aromatic carbocycles. The van der Waals surface area contributed by atoms with Crippen LogP contribution in [0, 0.1) is 5.92 Å². The number of hydrogen-bond donors (Lipinski definition) is 1. The van der Waals surface area contributed by atoms with Gasteiger partial charge in [0, 0.05) is 20.6 Å². The predicted octanol–water partition coefficient (Wildman–Crippen LogP) is 4.50. The smallest absolute Gasteiger partial charge is 0.216 e. The van der Waals surface area contributed by atoms with E-state index in [1.54, 1.807) is 7.11 Å². The maximum absolute atomic E-state index is 11.8. The molecular formula is C31H37NO6. The molecule has 38 heavy (non-hydrogen) atoms. The highest BCUT2D eigenvalue weighted by molar-refractivity contribution is 5.72. The molecule has 1 saturated heterocycles. The standard InChI is InChI=1S/C31H37NO6/c1-23(33)32-18-27-29(36-20-25-14-8-4-9-15-25)30(37-21-26-16-10-5-11-17-26)28(38-31(27)34-2)22-35-19-24-12-6-3-7-13-24/h3-17,27-31H,18-22H2,1-2H3,(H,32,33)/t27-,28-,29-,30+,31-/m1/s1. The Labute approximate surface area is 225 Å². The number of ether oxygens (including phenoxy) is 5. The van der Waals surface area contributed by atoms with E-state index >= 15 is 0 Å². The molecule has 0 radical (unpaired) electrons. The number of nitrogens with one attached hydrogen (secondary N) is 1. The quantitative estimate of drug-likeness (QED) is 0.359. The van der Waals surface area contributed by atoms with Crippen molar-refractivity contribution in [3.05, 3.63) is 108 Å². The van der Waals surface area contributed by atoms with Gasteiger partial charge < -0.3 is 29.0 Å². The third-order valence-corrected chi connectivity index (χ3v) is 6.55. The number of benzene rings is 3. The van der Waals surface area contributed by atoms with Gasteiger partial charge in [-0.1, -0.05) is 91.0 Å². The second-order valence-corrected chi connectivity index (χ2v) is 9.40. The SMILES string of the molecule is CO[C@@H]1O[C@H](COCc2ccccc2)[C@H](OCc2ccccc2)[C@H](OCc2ccccc2)[C@H]1CNC(C)=O. The van der Waals surface area contributed by atoms with E-state index in [-0.39, 0.29) is 11.8 Å². The minimum absolute atomic E-state index is 0.128. The zero-order chi connectivity index (χ0) is 26.6. The molecule has 1 heterocycles. The Hall–Kier alpha value is -3.07. The topological polar surface area (TPSA) is 75.2 Å². The summed E-state index contributed by atoms with van der Waals surface area (Å²) < 4.78 is 31.3. The van der Waals surface area contributed by atoms with E-state index in [1.807, 2.05) is 91.0 Å². The zero-order valence-electron chi connectivity index (χ0n) is 22.0. The number of rotatable bonds is 13. The molecule has 1 N–H and O–H groups in total. The van der Waals surface area contributed by atoms with Crippen molar-refractivity contribution in [2.45, 2.75) is 51.3 Å². The van der Waals surface area contributed by atoms with Crippen molar-refractivity contribution in [3.8, 4) is 0 Å². The first-order valence-electron chi connectivity index (χ1n) is 13.0. The molecule has 1 amide bonds. The summed E-state index contributed by atoms with van der Waals surface area (Å²) in [6, 6.07) is 30.0. The van der Waals surface area contributed by atoms with Crippen molar-refractivity contribution in [1.29, 1.82) is 0 Å². The van der Waals surface area contributed by atoms with Crippen LogP contribution in [0.3, 0.4) is 0 Å². The summed E-state index contributed by atoms with van der Waals surface area (Å²) in [5.74, 6) is -0.421. The molecule has 202 valence electrons. The van der Waals surface area contributed by atoms with Crippen LogP contribution in [-0.4, -0.2) is 50.8 Å².